The first-order valence-electron chi connectivity index (χ1n) is 9.57. The fourth-order valence-corrected chi connectivity index (χ4v) is 3.11. The Kier molecular flexibility index (Phi) is 8.53. The van der Waals surface area contributed by atoms with Gasteiger partial charge in [-0.1, -0.05) is 43.9 Å². The van der Waals surface area contributed by atoms with Gasteiger partial charge < -0.3 is 14.8 Å². The summed E-state index contributed by atoms with van der Waals surface area (Å²) in [4.78, 5) is 23.7. The van der Waals surface area contributed by atoms with E-state index in [-0.39, 0.29) is 18.4 Å². The lowest BCUT2D eigenvalue weighted by molar-refractivity contribution is -0.142. The minimum atomic E-state index is -1.18. The lowest BCUT2D eigenvalue weighted by atomic mass is 10.0. The smallest absolute Gasteiger partial charge is 0.407 e. The summed E-state index contributed by atoms with van der Waals surface area (Å²) < 4.78 is 10.6. The molecule has 5 nitrogen and oxygen atoms in total. The second-order valence-electron chi connectivity index (χ2n) is 9.28. The SMILES string of the molecule is CC(Cc1ccc(CC(=O)OCC[Si](C)(C)C)cc1)NC(=O)OC(C)(C)C. The number of carbonyl (C=O) groups excluding carboxylic acids is 2. The van der Waals surface area contributed by atoms with E-state index in [0.29, 0.717) is 13.0 Å². The third-order valence-corrected chi connectivity index (χ3v) is 5.50. The van der Waals surface area contributed by atoms with E-state index in [9.17, 15) is 9.59 Å². The van der Waals surface area contributed by atoms with Crippen molar-refractivity contribution in [2.24, 2.45) is 0 Å². The Morgan fingerprint density at radius 1 is 1.07 bits per heavy atom. The largest absolute Gasteiger partial charge is 0.466 e. The van der Waals surface area contributed by atoms with Crippen LogP contribution in [-0.2, 0) is 27.1 Å². The van der Waals surface area contributed by atoms with E-state index in [1.54, 1.807) is 0 Å². The van der Waals surface area contributed by atoms with Gasteiger partial charge in [-0.2, -0.15) is 0 Å². The van der Waals surface area contributed by atoms with Crippen LogP contribution in [0, 0.1) is 0 Å². The third kappa shape index (κ3) is 11.5. The predicted octanol–water partition coefficient (Wildman–Crippen LogP) is 4.57. The van der Waals surface area contributed by atoms with Crippen molar-refractivity contribution in [3.05, 3.63) is 35.4 Å². The van der Waals surface area contributed by atoms with E-state index in [4.69, 9.17) is 9.47 Å². The van der Waals surface area contributed by atoms with E-state index in [1.807, 2.05) is 52.0 Å². The van der Waals surface area contributed by atoms with Gasteiger partial charge in [0.2, 0.25) is 0 Å². The van der Waals surface area contributed by atoms with Crippen molar-refractivity contribution in [3.63, 3.8) is 0 Å². The van der Waals surface area contributed by atoms with Gasteiger partial charge in [0.25, 0.3) is 0 Å². The highest BCUT2D eigenvalue weighted by molar-refractivity contribution is 6.76. The molecule has 27 heavy (non-hydrogen) atoms. The van der Waals surface area contributed by atoms with Gasteiger partial charge >= 0.3 is 12.1 Å². The zero-order chi connectivity index (χ0) is 20.7. The number of esters is 1. The van der Waals surface area contributed by atoms with Crippen LogP contribution in [0.3, 0.4) is 0 Å². The lowest BCUT2D eigenvalue weighted by Crippen LogP contribution is -2.38. The van der Waals surface area contributed by atoms with Crippen molar-refractivity contribution in [1.82, 2.24) is 5.32 Å². The van der Waals surface area contributed by atoms with Crippen LogP contribution in [0.4, 0.5) is 4.79 Å². The number of amides is 1. The Labute approximate surface area is 164 Å². The van der Waals surface area contributed by atoms with Gasteiger partial charge in [0.05, 0.1) is 13.0 Å². The van der Waals surface area contributed by atoms with Crippen LogP contribution in [0.25, 0.3) is 0 Å². The molecule has 1 aromatic carbocycles. The van der Waals surface area contributed by atoms with Gasteiger partial charge in [0.15, 0.2) is 0 Å². The van der Waals surface area contributed by atoms with Crippen molar-refractivity contribution in [2.75, 3.05) is 6.61 Å². The van der Waals surface area contributed by atoms with Crippen molar-refractivity contribution < 1.29 is 19.1 Å². The summed E-state index contributed by atoms with van der Waals surface area (Å²) in [5.41, 5.74) is 1.52. The monoisotopic (exact) mass is 393 g/mol. The van der Waals surface area contributed by atoms with Crippen LogP contribution in [0.5, 0.6) is 0 Å². The molecule has 0 aliphatic rings. The molecule has 0 aromatic heterocycles. The van der Waals surface area contributed by atoms with E-state index < -0.39 is 19.8 Å². The molecule has 0 radical (unpaired) electrons. The number of alkyl carbamates (subject to hydrolysis) is 1. The summed E-state index contributed by atoms with van der Waals surface area (Å²) in [5, 5.41) is 2.84. The molecular weight excluding hydrogens is 358 g/mol. The van der Waals surface area contributed by atoms with Crippen molar-refractivity contribution in [1.29, 1.82) is 0 Å². The Morgan fingerprint density at radius 2 is 1.63 bits per heavy atom. The molecule has 0 spiro atoms. The molecule has 0 bridgehead atoms. The van der Waals surface area contributed by atoms with Gasteiger partial charge in [-0.25, -0.2) is 4.79 Å². The molecule has 1 N–H and O–H groups in total. The molecule has 0 fully saturated rings. The predicted molar refractivity (Wildman–Crippen MR) is 112 cm³/mol. The molecule has 0 heterocycles. The lowest BCUT2D eigenvalue weighted by Gasteiger charge is -2.22. The summed E-state index contributed by atoms with van der Waals surface area (Å²) >= 11 is 0. The number of rotatable bonds is 8. The van der Waals surface area contributed by atoms with E-state index in [1.165, 1.54) is 0 Å². The van der Waals surface area contributed by atoms with Gasteiger partial charge in [-0.3, -0.25) is 4.79 Å². The number of hydrogen-bond acceptors (Lipinski definition) is 4. The molecule has 1 aromatic rings. The maximum Gasteiger partial charge on any atom is 0.407 e. The van der Waals surface area contributed by atoms with Crippen LogP contribution in [0.2, 0.25) is 25.7 Å². The molecule has 152 valence electrons. The van der Waals surface area contributed by atoms with Crippen LogP contribution in [-0.4, -0.2) is 38.4 Å². The number of carbonyl (C=O) groups is 2. The molecular formula is C21H35NO4Si. The standard InChI is InChI=1S/C21H35NO4Si/c1-16(22-20(24)26-21(2,3)4)14-17-8-10-18(11-9-17)15-19(23)25-12-13-27(5,6)7/h8-11,16H,12-15H2,1-7H3,(H,22,24). The maximum atomic E-state index is 11.9. The Morgan fingerprint density at radius 3 is 2.15 bits per heavy atom. The molecule has 0 aliphatic heterocycles. The molecule has 0 aliphatic carbocycles. The Bertz CT molecular complexity index is 615. The minimum Gasteiger partial charge on any atom is -0.466 e. The molecule has 1 rings (SSSR count). The van der Waals surface area contributed by atoms with Crippen LogP contribution < -0.4 is 5.32 Å². The van der Waals surface area contributed by atoms with Crippen molar-refractivity contribution in [3.8, 4) is 0 Å². The summed E-state index contributed by atoms with van der Waals surface area (Å²) in [7, 11) is -1.18. The van der Waals surface area contributed by atoms with E-state index in [0.717, 1.165) is 17.2 Å². The van der Waals surface area contributed by atoms with Crippen molar-refractivity contribution >= 4 is 20.1 Å². The molecule has 1 atom stereocenters. The molecule has 0 saturated heterocycles. The number of benzene rings is 1. The fraction of sp³-hybridized carbons (Fsp3) is 0.619. The van der Waals surface area contributed by atoms with Crippen LogP contribution in [0.1, 0.15) is 38.8 Å². The second kappa shape index (κ2) is 9.92. The summed E-state index contributed by atoms with van der Waals surface area (Å²) in [5.74, 6) is -0.180. The summed E-state index contributed by atoms with van der Waals surface area (Å²) in [6, 6.07) is 8.79. The molecule has 6 heteroatoms. The quantitative estimate of drug-likeness (QED) is 0.519. The van der Waals surface area contributed by atoms with Crippen LogP contribution >= 0.6 is 0 Å². The number of nitrogens with one attached hydrogen (secondary N) is 1. The highest BCUT2D eigenvalue weighted by Gasteiger charge is 2.18. The Hall–Kier alpha value is -1.82. The summed E-state index contributed by atoms with van der Waals surface area (Å²) in [6.07, 6.45) is 0.574. The zero-order valence-electron chi connectivity index (χ0n) is 17.8. The second-order valence-corrected chi connectivity index (χ2v) is 14.9. The average Bonchev–Trinajstić information content (AvgIpc) is 2.45. The van der Waals surface area contributed by atoms with Crippen molar-refractivity contribution in [2.45, 2.75) is 77.9 Å². The highest BCUT2D eigenvalue weighted by atomic mass is 28.3. The molecule has 1 unspecified atom stereocenters. The summed E-state index contributed by atoms with van der Waals surface area (Å²) in [6.45, 7) is 14.8. The third-order valence-electron chi connectivity index (χ3n) is 3.79. The minimum absolute atomic E-state index is 0.0442. The van der Waals surface area contributed by atoms with Crippen LogP contribution in [0.15, 0.2) is 24.3 Å². The topological polar surface area (TPSA) is 64.6 Å². The zero-order valence-corrected chi connectivity index (χ0v) is 18.8. The van der Waals surface area contributed by atoms with Gasteiger partial charge in [0, 0.05) is 14.1 Å². The van der Waals surface area contributed by atoms with E-state index >= 15 is 0 Å². The first-order chi connectivity index (χ1) is 12.3. The average molecular weight is 394 g/mol. The number of hydrogen-bond donors (Lipinski definition) is 1. The highest BCUT2D eigenvalue weighted by Crippen LogP contribution is 2.11. The van der Waals surface area contributed by atoms with Gasteiger partial charge in [-0.05, 0) is 51.3 Å². The maximum absolute atomic E-state index is 11.9. The van der Waals surface area contributed by atoms with Gasteiger partial charge in [-0.15, -0.1) is 0 Å². The first-order valence-corrected chi connectivity index (χ1v) is 13.3. The van der Waals surface area contributed by atoms with Gasteiger partial charge in [0.1, 0.15) is 5.60 Å². The first kappa shape index (κ1) is 23.2. The normalized spacial score (nSPS) is 13.0. The Balaban J connectivity index is 2.42. The molecule has 1 amide bonds. The number of ether oxygens (including phenoxy) is 2. The molecule has 0 saturated carbocycles. The van der Waals surface area contributed by atoms with E-state index in [2.05, 4.69) is 25.0 Å². The fourth-order valence-electron chi connectivity index (χ4n) is 2.40.